The molecule has 1 N–H and O–H groups in total. The van der Waals surface area contributed by atoms with Gasteiger partial charge in [0.1, 0.15) is 0 Å². The van der Waals surface area contributed by atoms with E-state index in [2.05, 4.69) is 15.5 Å². The topological polar surface area (TPSA) is 64.7 Å². The number of carbonyl (C=O) groups excluding carboxylic acids is 1. The zero-order valence-corrected chi connectivity index (χ0v) is 10.8. The number of aryl methyl sites for hydroxylation is 2. The fourth-order valence-electron chi connectivity index (χ4n) is 1.74. The summed E-state index contributed by atoms with van der Waals surface area (Å²) in [5.41, 5.74) is 2.25. The van der Waals surface area contributed by atoms with Crippen molar-refractivity contribution in [3.63, 3.8) is 0 Å². The van der Waals surface area contributed by atoms with Crippen molar-refractivity contribution in [2.45, 2.75) is 33.9 Å². The Morgan fingerprint density at radius 2 is 2.06 bits per heavy atom. The molecule has 6 heteroatoms. The average Bonchev–Trinajstić information content (AvgIpc) is 2.97. The first-order chi connectivity index (χ1) is 8.65. The van der Waals surface area contributed by atoms with Crippen molar-refractivity contribution in [3.05, 3.63) is 29.8 Å². The molecule has 0 aromatic carbocycles. The number of hydrogen-bond donors (Lipinski definition) is 1. The van der Waals surface area contributed by atoms with Gasteiger partial charge < -0.3 is 5.32 Å². The highest BCUT2D eigenvalue weighted by Crippen LogP contribution is 2.14. The normalized spacial score (nSPS) is 10.6. The van der Waals surface area contributed by atoms with Crippen LogP contribution in [0.2, 0.25) is 0 Å². The van der Waals surface area contributed by atoms with Crippen LogP contribution in [0.25, 0.3) is 0 Å². The second-order valence-corrected chi connectivity index (χ2v) is 4.00. The van der Waals surface area contributed by atoms with Gasteiger partial charge >= 0.3 is 0 Å². The quantitative estimate of drug-likeness (QED) is 0.894. The van der Waals surface area contributed by atoms with Gasteiger partial charge in [0.25, 0.3) is 5.91 Å². The Labute approximate surface area is 106 Å². The predicted octanol–water partition coefficient (Wildman–Crippen LogP) is 1.68. The van der Waals surface area contributed by atoms with Crippen LogP contribution in [-0.4, -0.2) is 25.5 Å². The van der Waals surface area contributed by atoms with E-state index in [0.29, 0.717) is 5.56 Å². The molecule has 2 aromatic heterocycles. The third kappa shape index (κ3) is 2.27. The zero-order valence-electron chi connectivity index (χ0n) is 10.8. The Kier molecular flexibility index (Phi) is 3.45. The highest BCUT2D eigenvalue weighted by molar-refractivity contribution is 6.04. The SMILES string of the molecule is CCn1cc(C(=O)Nc2cnn(CC)c2C)cn1. The van der Waals surface area contributed by atoms with Gasteiger partial charge in [0.05, 0.1) is 29.3 Å². The van der Waals surface area contributed by atoms with Gasteiger partial charge in [-0.05, 0) is 20.8 Å². The average molecular weight is 247 g/mol. The summed E-state index contributed by atoms with van der Waals surface area (Å²) in [6.07, 6.45) is 4.97. The van der Waals surface area contributed by atoms with Crippen LogP contribution in [0.5, 0.6) is 0 Å². The molecule has 0 saturated heterocycles. The van der Waals surface area contributed by atoms with Gasteiger partial charge in [0.15, 0.2) is 0 Å². The Bertz CT molecular complexity index is 555. The predicted molar refractivity (Wildman–Crippen MR) is 68.5 cm³/mol. The Morgan fingerprint density at radius 3 is 2.61 bits per heavy atom. The lowest BCUT2D eigenvalue weighted by Crippen LogP contribution is -2.12. The van der Waals surface area contributed by atoms with Gasteiger partial charge in [-0.25, -0.2) is 0 Å². The maximum atomic E-state index is 12.0. The number of nitrogens with zero attached hydrogens (tertiary/aromatic N) is 4. The molecule has 2 aromatic rings. The van der Waals surface area contributed by atoms with E-state index >= 15 is 0 Å². The summed E-state index contributed by atoms with van der Waals surface area (Å²) < 4.78 is 3.56. The summed E-state index contributed by atoms with van der Waals surface area (Å²) in [7, 11) is 0. The van der Waals surface area contributed by atoms with E-state index in [1.54, 1.807) is 23.3 Å². The van der Waals surface area contributed by atoms with Crippen molar-refractivity contribution in [1.29, 1.82) is 0 Å². The van der Waals surface area contributed by atoms with E-state index in [1.165, 1.54) is 0 Å². The third-order valence-corrected chi connectivity index (χ3v) is 2.87. The summed E-state index contributed by atoms with van der Waals surface area (Å²) in [5, 5.41) is 11.1. The summed E-state index contributed by atoms with van der Waals surface area (Å²) >= 11 is 0. The second kappa shape index (κ2) is 5.03. The lowest BCUT2D eigenvalue weighted by Gasteiger charge is -2.03. The van der Waals surface area contributed by atoms with Crippen LogP contribution in [0, 0.1) is 6.92 Å². The monoisotopic (exact) mass is 247 g/mol. The molecular weight excluding hydrogens is 230 g/mol. The Balaban J connectivity index is 2.13. The first kappa shape index (κ1) is 12.3. The molecule has 0 radical (unpaired) electrons. The molecule has 18 heavy (non-hydrogen) atoms. The minimum absolute atomic E-state index is 0.159. The number of aromatic nitrogens is 4. The molecule has 2 heterocycles. The molecule has 0 bridgehead atoms. The second-order valence-electron chi connectivity index (χ2n) is 4.00. The Morgan fingerprint density at radius 1 is 1.28 bits per heavy atom. The van der Waals surface area contributed by atoms with E-state index in [9.17, 15) is 4.79 Å². The molecule has 2 rings (SSSR count). The molecule has 0 unspecified atom stereocenters. The minimum Gasteiger partial charge on any atom is -0.319 e. The number of hydrogen-bond acceptors (Lipinski definition) is 3. The van der Waals surface area contributed by atoms with Crippen molar-refractivity contribution >= 4 is 11.6 Å². The molecule has 96 valence electrons. The maximum absolute atomic E-state index is 12.0. The van der Waals surface area contributed by atoms with E-state index < -0.39 is 0 Å². The number of rotatable bonds is 4. The molecular formula is C12H17N5O. The van der Waals surface area contributed by atoms with Gasteiger partial charge in [-0.1, -0.05) is 0 Å². The van der Waals surface area contributed by atoms with E-state index in [0.717, 1.165) is 24.5 Å². The van der Waals surface area contributed by atoms with Crippen molar-refractivity contribution in [3.8, 4) is 0 Å². The zero-order chi connectivity index (χ0) is 13.1. The fourth-order valence-corrected chi connectivity index (χ4v) is 1.74. The van der Waals surface area contributed by atoms with Crippen LogP contribution in [0.1, 0.15) is 29.9 Å². The maximum Gasteiger partial charge on any atom is 0.258 e. The molecule has 0 fully saturated rings. The summed E-state index contributed by atoms with van der Waals surface area (Å²) in [4.78, 5) is 12.0. The number of carbonyl (C=O) groups is 1. The van der Waals surface area contributed by atoms with Crippen LogP contribution >= 0.6 is 0 Å². The number of nitrogens with one attached hydrogen (secondary N) is 1. The highest BCUT2D eigenvalue weighted by Gasteiger charge is 2.12. The third-order valence-electron chi connectivity index (χ3n) is 2.87. The molecule has 6 nitrogen and oxygen atoms in total. The molecule has 0 aliphatic heterocycles. The number of amides is 1. The highest BCUT2D eigenvalue weighted by atomic mass is 16.1. The van der Waals surface area contributed by atoms with Gasteiger partial charge in [-0.3, -0.25) is 14.2 Å². The molecule has 0 saturated carbocycles. The van der Waals surface area contributed by atoms with Crippen molar-refractivity contribution in [2.24, 2.45) is 0 Å². The molecule has 1 amide bonds. The van der Waals surface area contributed by atoms with Crippen LogP contribution in [0.15, 0.2) is 18.6 Å². The van der Waals surface area contributed by atoms with E-state index in [4.69, 9.17) is 0 Å². The Hall–Kier alpha value is -2.11. The van der Waals surface area contributed by atoms with Gasteiger partial charge in [0, 0.05) is 19.3 Å². The van der Waals surface area contributed by atoms with E-state index in [1.807, 2.05) is 25.5 Å². The van der Waals surface area contributed by atoms with Crippen molar-refractivity contribution < 1.29 is 4.79 Å². The summed E-state index contributed by atoms with van der Waals surface area (Å²) in [5.74, 6) is -0.159. The number of anilines is 1. The smallest absolute Gasteiger partial charge is 0.258 e. The first-order valence-electron chi connectivity index (χ1n) is 6.02. The van der Waals surface area contributed by atoms with Crippen molar-refractivity contribution in [2.75, 3.05) is 5.32 Å². The van der Waals surface area contributed by atoms with Crippen molar-refractivity contribution in [1.82, 2.24) is 19.6 Å². The van der Waals surface area contributed by atoms with Gasteiger partial charge in [0.2, 0.25) is 0 Å². The summed E-state index contributed by atoms with van der Waals surface area (Å²) in [6, 6.07) is 0. The standard InChI is InChI=1S/C12H17N5O/c1-4-16-8-10(6-13-16)12(18)15-11-7-14-17(5-2)9(11)3/h6-8H,4-5H2,1-3H3,(H,15,18). The van der Waals surface area contributed by atoms with E-state index in [-0.39, 0.29) is 5.91 Å². The minimum atomic E-state index is -0.159. The lowest BCUT2D eigenvalue weighted by atomic mass is 10.3. The lowest BCUT2D eigenvalue weighted by molar-refractivity contribution is 0.102. The van der Waals surface area contributed by atoms with Crippen LogP contribution in [0.4, 0.5) is 5.69 Å². The first-order valence-corrected chi connectivity index (χ1v) is 6.02. The fraction of sp³-hybridized carbons (Fsp3) is 0.417. The molecule has 0 atom stereocenters. The van der Waals surface area contributed by atoms with Crippen LogP contribution < -0.4 is 5.32 Å². The van der Waals surface area contributed by atoms with Gasteiger partial charge in [-0.2, -0.15) is 10.2 Å². The van der Waals surface area contributed by atoms with Gasteiger partial charge in [-0.15, -0.1) is 0 Å². The van der Waals surface area contributed by atoms with Crippen LogP contribution in [-0.2, 0) is 13.1 Å². The molecule has 0 spiro atoms. The largest absolute Gasteiger partial charge is 0.319 e. The molecule has 0 aliphatic carbocycles. The molecule has 0 aliphatic rings. The van der Waals surface area contributed by atoms with Crippen LogP contribution in [0.3, 0.4) is 0 Å². The summed E-state index contributed by atoms with van der Waals surface area (Å²) in [6.45, 7) is 7.46.